The molecule has 0 radical (unpaired) electrons. The van der Waals surface area contributed by atoms with Gasteiger partial charge in [0, 0.05) is 25.5 Å². The minimum atomic E-state index is 0.498. The van der Waals surface area contributed by atoms with E-state index in [4.69, 9.17) is 10.7 Å². The number of rotatable bonds is 5. The third kappa shape index (κ3) is 3.72. The molecule has 23 heavy (non-hydrogen) atoms. The molecule has 0 spiro atoms. The van der Waals surface area contributed by atoms with Crippen molar-refractivity contribution in [1.82, 2.24) is 9.97 Å². The number of anilines is 2. The molecule has 1 fully saturated rings. The van der Waals surface area contributed by atoms with Crippen molar-refractivity contribution in [3.05, 3.63) is 24.3 Å². The molecule has 0 saturated heterocycles. The van der Waals surface area contributed by atoms with Crippen LogP contribution in [0.25, 0.3) is 10.9 Å². The fourth-order valence-electron chi connectivity index (χ4n) is 3.40. The van der Waals surface area contributed by atoms with E-state index in [0.29, 0.717) is 6.04 Å². The minimum Gasteiger partial charge on any atom is -0.367 e. The van der Waals surface area contributed by atoms with Crippen LogP contribution in [0.15, 0.2) is 24.3 Å². The Morgan fingerprint density at radius 2 is 1.87 bits per heavy atom. The number of hydrogen-bond acceptors (Lipinski definition) is 5. The summed E-state index contributed by atoms with van der Waals surface area (Å²) in [5, 5.41) is 4.77. The second-order valence-corrected chi connectivity index (χ2v) is 6.72. The summed E-state index contributed by atoms with van der Waals surface area (Å²) < 4.78 is 0. The average Bonchev–Trinajstić information content (AvgIpc) is 2.56. The zero-order chi connectivity index (χ0) is 16.2. The predicted molar refractivity (Wildman–Crippen MR) is 96.9 cm³/mol. The standard InChI is InChI=1S/C18H27N5/c1-23(2)18-21-16-6-4-3-5-15(16)17(22-18)20-14-9-7-13(8-10-14)11-12-19/h3-6,13-14H,7-12,19H2,1-2H3,(H,20,21,22). The van der Waals surface area contributed by atoms with Crippen molar-refractivity contribution in [2.75, 3.05) is 30.9 Å². The van der Waals surface area contributed by atoms with Gasteiger partial charge in [0.2, 0.25) is 5.95 Å². The number of aromatic nitrogens is 2. The molecule has 3 rings (SSSR count). The number of fused-ring (bicyclic) bond motifs is 1. The quantitative estimate of drug-likeness (QED) is 0.888. The Hall–Kier alpha value is -1.88. The lowest BCUT2D eigenvalue weighted by molar-refractivity contribution is 0.324. The molecular weight excluding hydrogens is 286 g/mol. The first-order valence-electron chi connectivity index (χ1n) is 8.58. The van der Waals surface area contributed by atoms with Crippen LogP contribution in [0, 0.1) is 5.92 Å². The molecule has 0 aliphatic heterocycles. The van der Waals surface area contributed by atoms with E-state index in [-0.39, 0.29) is 0 Å². The number of nitrogens with zero attached hydrogens (tertiary/aromatic N) is 3. The summed E-state index contributed by atoms with van der Waals surface area (Å²) in [5.41, 5.74) is 6.68. The first kappa shape index (κ1) is 16.0. The Morgan fingerprint density at radius 1 is 1.13 bits per heavy atom. The van der Waals surface area contributed by atoms with Gasteiger partial charge in [-0.3, -0.25) is 0 Å². The van der Waals surface area contributed by atoms with Crippen molar-refractivity contribution in [2.24, 2.45) is 11.7 Å². The topological polar surface area (TPSA) is 67.1 Å². The van der Waals surface area contributed by atoms with Crippen LogP contribution >= 0.6 is 0 Å². The molecule has 0 unspecified atom stereocenters. The highest BCUT2D eigenvalue weighted by Crippen LogP contribution is 2.30. The van der Waals surface area contributed by atoms with Crippen LogP contribution in [0.1, 0.15) is 32.1 Å². The van der Waals surface area contributed by atoms with E-state index in [9.17, 15) is 0 Å². The minimum absolute atomic E-state index is 0.498. The van der Waals surface area contributed by atoms with Crippen molar-refractivity contribution < 1.29 is 0 Å². The van der Waals surface area contributed by atoms with Crippen LogP contribution in [0.3, 0.4) is 0 Å². The highest BCUT2D eigenvalue weighted by molar-refractivity contribution is 5.90. The van der Waals surface area contributed by atoms with Gasteiger partial charge in [0.15, 0.2) is 0 Å². The number of benzene rings is 1. The molecule has 5 nitrogen and oxygen atoms in total. The fraction of sp³-hybridized carbons (Fsp3) is 0.556. The summed E-state index contributed by atoms with van der Waals surface area (Å²) >= 11 is 0. The van der Waals surface area contributed by atoms with Gasteiger partial charge in [-0.2, -0.15) is 4.98 Å². The molecule has 2 aromatic rings. The van der Waals surface area contributed by atoms with Gasteiger partial charge in [-0.1, -0.05) is 12.1 Å². The second kappa shape index (κ2) is 7.13. The van der Waals surface area contributed by atoms with E-state index < -0.39 is 0 Å². The maximum atomic E-state index is 5.69. The molecule has 1 aliphatic carbocycles. The Balaban J connectivity index is 1.79. The third-order valence-electron chi connectivity index (χ3n) is 4.75. The van der Waals surface area contributed by atoms with Crippen LogP contribution in [0.4, 0.5) is 11.8 Å². The van der Waals surface area contributed by atoms with Gasteiger partial charge in [-0.05, 0) is 56.7 Å². The van der Waals surface area contributed by atoms with Crippen LogP contribution in [0.2, 0.25) is 0 Å². The highest BCUT2D eigenvalue weighted by Gasteiger charge is 2.21. The molecule has 0 atom stereocenters. The molecule has 3 N–H and O–H groups in total. The fourth-order valence-corrected chi connectivity index (χ4v) is 3.40. The Kier molecular flexibility index (Phi) is 4.96. The summed E-state index contributed by atoms with van der Waals surface area (Å²) in [6.07, 6.45) is 6.07. The number of para-hydroxylation sites is 1. The molecule has 0 amide bonds. The molecule has 5 heteroatoms. The molecular formula is C18H27N5. The molecule has 0 bridgehead atoms. The van der Waals surface area contributed by atoms with Crippen molar-refractivity contribution in [3.8, 4) is 0 Å². The molecule has 1 aromatic heterocycles. The zero-order valence-corrected chi connectivity index (χ0v) is 14.1. The molecule has 1 heterocycles. The van der Waals surface area contributed by atoms with Gasteiger partial charge in [0.1, 0.15) is 5.82 Å². The maximum absolute atomic E-state index is 5.69. The van der Waals surface area contributed by atoms with Crippen LogP contribution < -0.4 is 16.0 Å². The smallest absolute Gasteiger partial charge is 0.227 e. The lowest BCUT2D eigenvalue weighted by Gasteiger charge is -2.29. The number of hydrogen-bond donors (Lipinski definition) is 2. The Labute approximate surface area is 138 Å². The predicted octanol–water partition coefficient (Wildman–Crippen LogP) is 3.02. The van der Waals surface area contributed by atoms with Gasteiger partial charge in [0.25, 0.3) is 0 Å². The van der Waals surface area contributed by atoms with E-state index in [1.807, 2.05) is 37.2 Å². The summed E-state index contributed by atoms with van der Waals surface area (Å²) in [6.45, 7) is 0.811. The van der Waals surface area contributed by atoms with Crippen molar-refractivity contribution in [1.29, 1.82) is 0 Å². The van der Waals surface area contributed by atoms with E-state index in [1.165, 1.54) is 25.7 Å². The molecule has 1 saturated carbocycles. The zero-order valence-electron chi connectivity index (χ0n) is 14.1. The molecule has 1 aliphatic rings. The SMILES string of the molecule is CN(C)c1nc(NC2CCC(CCN)CC2)c2ccccc2n1. The summed E-state index contributed by atoms with van der Waals surface area (Å²) in [5.74, 6) is 2.52. The van der Waals surface area contributed by atoms with Crippen molar-refractivity contribution in [2.45, 2.75) is 38.1 Å². The first-order chi connectivity index (χ1) is 11.2. The van der Waals surface area contributed by atoms with Gasteiger partial charge >= 0.3 is 0 Å². The summed E-state index contributed by atoms with van der Waals surface area (Å²) in [6, 6.07) is 8.71. The van der Waals surface area contributed by atoms with Gasteiger partial charge in [0.05, 0.1) is 5.52 Å². The second-order valence-electron chi connectivity index (χ2n) is 6.72. The Morgan fingerprint density at radius 3 is 2.57 bits per heavy atom. The van der Waals surface area contributed by atoms with E-state index in [1.54, 1.807) is 0 Å². The lowest BCUT2D eigenvalue weighted by Crippen LogP contribution is -2.28. The van der Waals surface area contributed by atoms with E-state index in [2.05, 4.69) is 16.4 Å². The van der Waals surface area contributed by atoms with Crippen LogP contribution in [0.5, 0.6) is 0 Å². The molecule has 124 valence electrons. The normalized spacial score (nSPS) is 21.3. The van der Waals surface area contributed by atoms with Crippen molar-refractivity contribution in [3.63, 3.8) is 0 Å². The summed E-state index contributed by atoms with van der Waals surface area (Å²) in [4.78, 5) is 11.3. The third-order valence-corrected chi connectivity index (χ3v) is 4.75. The van der Waals surface area contributed by atoms with Crippen molar-refractivity contribution >= 4 is 22.7 Å². The molecule has 1 aromatic carbocycles. The maximum Gasteiger partial charge on any atom is 0.227 e. The summed E-state index contributed by atoms with van der Waals surface area (Å²) in [7, 11) is 3.96. The number of nitrogens with one attached hydrogen (secondary N) is 1. The van der Waals surface area contributed by atoms with Gasteiger partial charge in [-0.25, -0.2) is 4.98 Å². The largest absolute Gasteiger partial charge is 0.367 e. The average molecular weight is 313 g/mol. The van der Waals surface area contributed by atoms with Gasteiger partial charge in [-0.15, -0.1) is 0 Å². The Bertz CT molecular complexity index is 647. The van der Waals surface area contributed by atoms with Crippen LogP contribution in [-0.4, -0.2) is 36.6 Å². The van der Waals surface area contributed by atoms with Crippen LogP contribution in [-0.2, 0) is 0 Å². The lowest BCUT2D eigenvalue weighted by atomic mass is 9.84. The van der Waals surface area contributed by atoms with E-state index >= 15 is 0 Å². The highest BCUT2D eigenvalue weighted by atomic mass is 15.2. The monoisotopic (exact) mass is 313 g/mol. The van der Waals surface area contributed by atoms with Gasteiger partial charge < -0.3 is 16.0 Å². The first-order valence-corrected chi connectivity index (χ1v) is 8.58. The number of nitrogens with two attached hydrogens (primary N) is 1. The van der Waals surface area contributed by atoms with E-state index in [0.717, 1.165) is 41.6 Å².